The molecule has 4 rings (SSSR count). The van der Waals surface area contributed by atoms with Crippen molar-refractivity contribution in [1.29, 1.82) is 0 Å². The molecule has 1 atom stereocenters. The van der Waals surface area contributed by atoms with Gasteiger partial charge in [0.15, 0.2) is 0 Å². The molecule has 4 aliphatic carbocycles. The highest BCUT2D eigenvalue weighted by Crippen LogP contribution is 2.61. The van der Waals surface area contributed by atoms with Crippen molar-refractivity contribution in [2.45, 2.75) is 57.9 Å². The van der Waals surface area contributed by atoms with Crippen molar-refractivity contribution in [2.24, 2.45) is 23.2 Å². The number of amides is 1. The summed E-state index contributed by atoms with van der Waals surface area (Å²) < 4.78 is 0. The first-order valence-electron chi connectivity index (χ1n) is 7.49. The molecule has 3 heteroatoms. The predicted octanol–water partition coefficient (Wildman–Crippen LogP) is 2.09. The first-order valence-corrected chi connectivity index (χ1v) is 7.49. The van der Waals surface area contributed by atoms with Gasteiger partial charge < -0.3 is 10.4 Å². The highest BCUT2D eigenvalue weighted by molar-refractivity contribution is 5.77. The maximum atomic E-state index is 12.1. The van der Waals surface area contributed by atoms with E-state index in [9.17, 15) is 4.79 Å². The lowest BCUT2D eigenvalue weighted by molar-refractivity contribution is -0.130. The van der Waals surface area contributed by atoms with Crippen LogP contribution in [0.3, 0.4) is 0 Å². The molecule has 0 aromatic carbocycles. The number of aliphatic hydroxyl groups excluding tert-OH is 1. The van der Waals surface area contributed by atoms with Crippen LogP contribution in [0.2, 0.25) is 0 Å². The van der Waals surface area contributed by atoms with Crippen LogP contribution in [0, 0.1) is 23.2 Å². The van der Waals surface area contributed by atoms with Crippen molar-refractivity contribution in [3.05, 3.63) is 0 Å². The Labute approximate surface area is 109 Å². The lowest BCUT2D eigenvalue weighted by atomic mass is 9.49. The second kappa shape index (κ2) is 4.52. The predicted molar refractivity (Wildman–Crippen MR) is 69.9 cm³/mol. The van der Waals surface area contributed by atoms with E-state index >= 15 is 0 Å². The molecule has 0 heterocycles. The monoisotopic (exact) mass is 251 g/mol. The van der Waals surface area contributed by atoms with E-state index in [1.54, 1.807) is 0 Å². The van der Waals surface area contributed by atoms with E-state index in [0.29, 0.717) is 11.8 Å². The highest BCUT2D eigenvalue weighted by atomic mass is 16.3. The van der Waals surface area contributed by atoms with Crippen LogP contribution in [-0.2, 0) is 4.79 Å². The number of nitrogens with one attached hydrogen (secondary N) is 1. The Morgan fingerprint density at radius 2 is 1.72 bits per heavy atom. The molecule has 2 N–H and O–H groups in total. The fraction of sp³-hybridized carbons (Fsp3) is 0.933. The first kappa shape index (κ1) is 12.5. The number of carbonyl (C=O) groups excluding carboxylic acids is 1. The topological polar surface area (TPSA) is 49.3 Å². The van der Waals surface area contributed by atoms with Crippen molar-refractivity contribution in [3.63, 3.8) is 0 Å². The van der Waals surface area contributed by atoms with Crippen LogP contribution < -0.4 is 5.32 Å². The van der Waals surface area contributed by atoms with E-state index < -0.39 is 0 Å². The highest BCUT2D eigenvalue weighted by Gasteiger charge is 2.51. The van der Waals surface area contributed by atoms with Gasteiger partial charge >= 0.3 is 0 Å². The van der Waals surface area contributed by atoms with Gasteiger partial charge in [-0.05, 0) is 68.6 Å². The molecule has 18 heavy (non-hydrogen) atoms. The average Bonchev–Trinajstić information content (AvgIpc) is 2.25. The first-order chi connectivity index (χ1) is 8.58. The minimum atomic E-state index is -0.105. The summed E-state index contributed by atoms with van der Waals surface area (Å²) in [7, 11) is 0. The molecule has 4 bridgehead atoms. The number of aliphatic hydroxyl groups is 1. The summed E-state index contributed by atoms with van der Waals surface area (Å²) in [6.45, 7) is 1.89. The quantitative estimate of drug-likeness (QED) is 0.804. The van der Waals surface area contributed by atoms with Gasteiger partial charge in [-0.2, -0.15) is 0 Å². The van der Waals surface area contributed by atoms with Crippen LogP contribution in [-0.4, -0.2) is 23.7 Å². The van der Waals surface area contributed by atoms with Crippen LogP contribution in [0.4, 0.5) is 0 Å². The van der Waals surface area contributed by atoms with Gasteiger partial charge in [0.1, 0.15) is 0 Å². The van der Waals surface area contributed by atoms with Crippen LogP contribution >= 0.6 is 0 Å². The fourth-order valence-electron chi connectivity index (χ4n) is 5.22. The molecule has 1 amide bonds. The summed E-state index contributed by atoms with van der Waals surface area (Å²) in [5.41, 5.74) is 0.314. The summed E-state index contributed by atoms with van der Waals surface area (Å²) in [6.07, 6.45) is 8.80. The van der Waals surface area contributed by atoms with Crippen molar-refractivity contribution in [2.75, 3.05) is 6.61 Å². The van der Waals surface area contributed by atoms with E-state index in [2.05, 4.69) is 5.32 Å². The third-order valence-electron chi connectivity index (χ3n) is 5.38. The summed E-state index contributed by atoms with van der Waals surface area (Å²) >= 11 is 0. The van der Waals surface area contributed by atoms with E-state index in [1.807, 2.05) is 6.92 Å². The minimum Gasteiger partial charge on any atom is -0.394 e. The van der Waals surface area contributed by atoms with E-state index in [-0.39, 0.29) is 18.6 Å². The third kappa shape index (κ3) is 2.29. The zero-order valence-electron chi connectivity index (χ0n) is 11.3. The Balaban J connectivity index is 1.63. The number of carbonyl (C=O) groups is 1. The van der Waals surface area contributed by atoms with Crippen molar-refractivity contribution < 1.29 is 9.90 Å². The van der Waals surface area contributed by atoms with Gasteiger partial charge in [0, 0.05) is 12.5 Å². The molecule has 0 aromatic heterocycles. The largest absolute Gasteiger partial charge is 0.394 e. The van der Waals surface area contributed by atoms with Gasteiger partial charge in [0.2, 0.25) is 5.91 Å². The van der Waals surface area contributed by atoms with Crippen LogP contribution in [0.25, 0.3) is 0 Å². The summed E-state index contributed by atoms with van der Waals surface area (Å²) in [5.74, 6) is 2.86. The van der Waals surface area contributed by atoms with Crippen molar-refractivity contribution in [3.8, 4) is 0 Å². The van der Waals surface area contributed by atoms with Crippen LogP contribution in [0.15, 0.2) is 0 Å². The standard InChI is InChI=1S/C15H25NO2/c1-10(9-17)16-14(18)8-15-5-11-2-12(6-15)4-13(3-11)7-15/h10-13,17H,2-9H2,1H3,(H,16,18)/t10-,11?,12?,13?,15?/m0/s1. The lowest BCUT2D eigenvalue weighted by Gasteiger charge is -2.56. The van der Waals surface area contributed by atoms with E-state index in [4.69, 9.17) is 5.11 Å². The fourth-order valence-corrected chi connectivity index (χ4v) is 5.22. The Bertz CT molecular complexity index is 304. The maximum absolute atomic E-state index is 12.1. The Hall–Kier alpha value is -0.570. The molecule has 0 unspecified atom stereocenters. The van der Waals surface area contributed by atoms with Crippen molar-refractivity contribution >= 4 is 5.91 Å². The zero-order chi connectivity index (χ0) is 12.8. The van der Waals surface area contributed by atoms with Gasteiger partial charge in [-0.25, -0.2) is 0 Å². The molecular formula is C15H25NO2. The van der Waals surface area contributed by atoms with Gasteiger partial charge in [-0.3, -0.25) is 4.79 Å². The second-order valence-electron chi connectivity index (χ2n) is 7.25. The summed E-state index contributed by atoms with van der Waals surface area (Å²) in [4.78, 5) is 12.1. The Kier molecular flexibility index (Phi) is 3.13. The minimum absolute atomic E-state index is 0.0343. The SMILES string of the molecule is C[C@@H](CO)NC(=O)CC12CC3CC(CC(C3)C1)C2. The molecule has 0 aliphatic heterocycles. The molecule has 0 saturated heterocycles. The van der Waals surface area contributed by atoms with Gasteiger partial charge in [0.25, 0.3) is 0 Å². The third-order valence-corrected chi connectivity index (χ3v) is 5.38. The number of hydrogen-bond donors (Lipinski definition) is 2. The Morgan fingerprint density at radius 1 is 1.22 bits per heavy atom. The Morgan fingerprint density at radius 3 is 2.17 bits per heavy atom. The number of hydrogen-bond acceptors (Lipinski definition) is 2. The molecule has 0 aromatic rings. The molecule has 102 valence electrons. The summed E-state index contributed by atoms with van der Waals surface area (Å²) in [6, 6.07) is -0.105. The average molecular weight is 251 g/mol. The lowest BCUT2D eigenvalue weighted by Crippen LogP contribution is -2.48. The molecule has 4 fully saturated rings. The molecular weight excluding hydrogens is 226 g/mol. The normalized spacial score (nSPS) is 42.9. The zero-order valence-corrected chi connectivity index (χ0v) is 11.3. The molecule has 4 aliphatic rings. The van der Waals surface area contributed by atoms with Crippen LogP contribution in [0.1, 0.15) is 51.9 Å². The molecule has 0 spiro atoms. The van der Waals surface area contributed by atoms with Gasteiger partial charge in [-0.1, -0.05) is 0 Å². The smallest absolute Gasteiger partial charge is 0.220 e. The molecule has 0 radical (unpaired) electrons. The maximum Gasteiger partial charge on any atom is 0.220 e. The van der Waals surface area contributed by atoms with E-state index in [1.165, 1.54) is 38.5 Å². The van der Waals surface area contributed by atoms with Crippen molar-refractivity contribution in [1.82, 2.24) is 5.32 Å². The molecule has 3 nitrogen and oxygen atoms in total. The second-order valence-corrected chi connectivity index (χ2v) is 7.25. The van der Waals surface area contributed by atoms with E-state index in [0.717, 1.165) is 17.8 Å². The summed E-state index contributed by atoms with van der Waals surface area (Å²) in [5, 5.41) is 11.9. The number of rotatable bonds is 4. The molecule has 4 saturated carbocycles. The van der Waals surface area contributed by atoms with Gasteiger partial charge in [-0.15, -0.1) is 0 Å². The van der Waals surface area contributed by atoms with Crippen LogP contribution in [0.5, 0.6) is 0 Å². The van der Waals surface area contributed by atoms with Gasteiger partial charge in [0.05, 0.1) is 6.61 Å².